The minimum Gasteiger partial charge on any atom is -0.460 e. The Labute approximate surface area is 125 Å². The van der Waals surface area contributed by atoms with Gasteiger partial charge in [0.15, 0.2) is 0 Å². The molecule has 0 amide bonds. The highest BCUT2D eigenvalue weighted by molar-refractivity contribution is 5.78. The standard InChI is InChI=1S/C17H24N2O2/c20-9-6-18-12-14-4-5-15-11-16(21-17(15)10-14)13-19-7-2-1-3-8-19/h4-5,10-11,18,20H,1-3,6-9,12-13H2. The lowest BCUT2D eigenvalue weighted by Crippen LogP contribution is -2.28. The van der Waals surface area contributed by atoms with E-state index in [0.29, 0.717) is 6.54 Å². The number of nitrogens with zero attached hydrogens (tertiary/aromatic N) is 1. The number of hydrogen-bond donors (Lipinski definition) is 2. The fourth-order valence-electron chi connectivity index (χ4n) is 2.97. The summed E-state index contributed by atoms with van der Waals surface area (Å²) in [6.07, 6.45) is 3.97. The van der Waals surface area contributed by atoms with Gasteiger partial charge in [-0.1, -0.05) is 18.6 Å². The third-order valence-electron chi connectivity index (χ3n) is 4.08. The van der Waals surface area contributed by atoms with Crippen LogP contribution in [0.1, 0.15) is 30.6 Å². The first kappa shape index (κ1) is 14.6. The SMILES string of the molecule is OCCNCc1ccc2cc(CN3CCCCC3)oc2c1. The molecule has 0 atom stereocenters. The van der Waals surface area contributed by atoms with Crippen molar-refractivity contribution in [3.05, 3.63) is 35.6 Å². The van der Waals surface area contributed by atoms with Crippen LogP contribution in [0.15, 0.2) is 28.7 Å². The van der Waals surface area contributed by atoms with E-state index >= 15 is 0 Å². The highest BCUT2D eigenvalue weighted by atomic mass is 16.3. The zero-order valence-electron chi connectivity index (χ0n) is 12.5. The monoisotopic (exact) mass is 288 g/mol. The van der Waals surface area contributed by atoms with E-state index in [2.05, 4.69) is 34.5 Å². The van der Waals surface area contributed by atoms with E-state index in [1.807, 2.05) is 0 Å². The third kappa shape index (κ3) is 3.84. The summed E-state index contributed by atoms with van der Waals surface area (Å²) in [5.41, 5.74) is 2.15. The van der Waals surface area contributed by atoms with Crippen LogP contribution in [0.2, 0.25) is 0 Å². The molecule has 1 aromatic carbocycles. The van der Waals surface area contributed by atoms with Gasteiger partial charge in [-0.15, -0.1) is 0 Å². The van der Waals surface area contributed by atoms with Gasteiger partial charge in [-0.2, -0.15) is 0 Å². The summed E-state index contributed by atoms with van der Waals surface area (Å²) in [5.74, 6) is 1.06. The maximum Gasteiger partial charge on any atom is 0.134 e. The Morgan fingerprint density at radius 1 is 1.14 bits per heavy atom. The average molecular weight is 288 g/mol. The molecular formula is C17H24N2O2. The molecule has 0 radical (unpaired) electrons. The molecule has 1 aromatic heterocycles. The van der Waals surface area contributed by atoms with Crippen LogP contribution < -0.4 is 5.32 Å². The number of likely N-dealkylation sites (tertiary alicyclic amines) is 1. The molecule has 1 saturated heterocycles. The molecule has 114 valence electrons. The van der Waals surface area contributed by atoms with Crippen LogP contribution in [0.3, 0.4) is 0 Å². The first-order valence-corrected chi connectivity index (χ1v) is 7.90. The highest BCUT2D eigenvalue weighted by Gasteiger charge is 2.13. The van der Waals surface area contributed by atoms with Crippen molar-refractivity contribution in [2.24, 2.45) is 0 Å². The van der Waals surface area contributed by atoms with Gasteiger partial charge in [-0.25, -0.2) is 0 Å². The number of fused-ring (bicyclic) bond motifs is 1. The van der Waals surface area contributed by atoms with Crippen molar-refractivity contribution in [1.29, 1.82) is 0 Å². The molecule has 1 fully saturated rings. The van der Waals surface area contributed by atoms with Crippen molar-refractivity contribution in [3.63, 3.8) is 0 Å². The van der Waals surface area contributed by atoms with Crippen molar-refractivity contribution < 1.29 is 9.52 Å². The van der Waals surface area contributed by atoms with E-state index in [9.17, 15) is 0 Å². The number of benzene rings is 1. The van der Waals surface area contributed by atoms with Gasteiger partial charge in [0.2, 0.25) is 0 Å². The molecule has 21 heavy (non-hydrogen) atoms. The number of nitrogens with one attached hydrogen (secondary N) is 1. The minimum absolute atomic E-state index is 0.170. The largest absolute Gasteiger partial charge is 0.460 e. The molecule has 3 rings (SSSR count). The van der Waals surface area contributed by atoms with E-state index in [4.69, 9.17) is 9.52 Å². The van der Waals surface area contributed by atoms with E-state index in [1.165, 1.54) is 43.3 Å². The summed E-state index contributed by atoms with van der Waals surface area (Å²) in [6, 6.07) is 8.50. The Bertz CT molecular complexity index is 573. The summed E-state index contributed by atoms with van der Waals surface area (Å²) in [5, 5.41) is 13.2. The predicted octanol–water partition coefficient (Wildman–Crippen LogP) is 2.50. The molecule has 1 aliphatic heterocycles. The Balaban J connectivity index is 1.67. The number of aliphatic hydroxyl groups is 1. The summed E-state index contributed by atoms with van der Waals surface area (Å²) in [6.45, 7) is 4.85. The van der Waals surface area contributed by atoms with Crippen molar-refractivity contribution in [3.8, 4) is 0 Å². The molecule has 0 spiro atoms. The summed E-state index contributed by atoms with van der Waals surface area (Å²) in [4.78, 5) is 2.48. The van der Waals surface area contributed by atoms with Crippen LogP contribution in [0.5, 0.6) is 0 Å². The number of hydrogen-bond acceptors (Lipinski definition) is 4. The van der Waals surface area contributed by atoms with Gasteiger partial charge in [-0.05, 0) is 43.6 Å². The van der Waals surface area contributed by atoms with Crippen molar-refractivity contribution in [2.45, 2.75) is 32.4 Å². The van der Waals surface area contributed by atoms with Crippen LogP contribution in [-0.2, 0) is 13.1 Å². The first-order valence-electron chi connectivity index (χ1n) is 7.90. The zero-order chi connectivity index (χ0) is 14.5. The van der Waals surface area contributed by atoms with Crippen LogP contribution >= 0.6 is 0 Å². The maximum atomic E-state index is 8.79. The van der Waals surface area contributed by atoms with Gasteiger partial charge < -0.3 is 14.8 Å². The molecule has 0 bridgehead atoms. The van der Waals surface area contributed by atoms with E-state index in [1.54, 1.807) is 0 Å². The van der Waals surface area contributed by atoms with Crippen LogP contribution in [0.25, 0.3) is 11.0 Å². The smallest absolute Gasteiger partial charge is 0.134 e. The predicted molar refractivity (Wildman–Crippen MR) is 84.1 cm³/mol. The maximum absolute atomic E-state index is 8.79. The number of piperidine rings is 1. The molecule has 4 nitrogen and oxygen atoms in total. The molecule has 1 aliphatic rings. The second-order valence-electron chi connectivity index (χ2n) is 5.82. The van der Waals surface area contributed by atoms with Gasteiger partial charge in [-0.3, -0.25) is 4.90 Å². The lowest BCUT2D eigenvalue weighted by Gasteiger charge is -2.25. The molecule has 4 heteroatoms. The van der Waals surface area contributed by atoms with Gasteiger partial charge >= 0.3 is 0 Å². The summed E-state index contributed by atoms with van der Waals surface area (Å²) >= 11 is 0. The van der Waals surface area contributed by atoms with Gasteiger partial charge in [0.25, 0.3) is 0 Å². The van der Waals surface area contributed by atoms with Gasteiger partial charge in [0.05, 0.1) is 13.2 Å². The first-order chi connectivity index (χ1) is 10.3. The quantitative estimate of drug-likeness (QED) is 0.802. The van der Waals surface area contributed by atoms with Crippen molar-refractivity contribution in [2.75, 3.05) is 26.2 Å². The molecule has 2 heterocycles. The lowest BCUT2D eigenvalue weighted by atomic mass is 10.1. The molecule has 0 saturated carbocycles. The van der Waals surface area contributed by atoms with E-state index in [-0.39, 0.29) is 6.61 Å². The molecular weight excluding hydrogens is 264 g/mol. The molecule has 0 unspecified atom stereocenters. The summed E-state index contributed by atoms with van der Waals surface area (Å²) in [7, 11) is 0. The van der Waals surface area contributed by atoms with E-state index in [0.717, 1.165) is 24.4 Å². The highest BCUT2D eigenvalue weighted by Crippen LogP contribution is 2.23. The normalized spacial score (nSPS) is 16.6. The average Bonchev–Trinajstić information content (AvgIpc) is 2.90. The van der Waals surface area contributed by atoms with Crippen LogP contribution in [0.4, 0.5) is 0 Å². The second kappa shape index (κ2) is 7.07. The number of rotatable bonds is 6. The fourth-order valence-corrected chi connectivity index (χ4v) is 2.97. The Morgan fingerprint density at radius 2 is 2.00 bits per heavy atom. The minimum atomic E-state index is 0.170. The number of furan rings is 1. The Hall–Kier alpha value is -1.36. The van der Waals surface area contributed by atoms with Crippen LogP contribution in [-0.4, -0.2) is 36.2 Å². The van der Waals surface area contributed by atoms with Gasteiger partial charge in [0, 0.05) is 18.5 Å². The number of aliphatic hydroxyl groups excluding tert-OH is 1. The van der Waals surface area contributed by atoms with Gasteiger partial charge in [0.1, 0.15) is 11.3 Å². The Kier molecular flexibility index (Phi) is 4.91. The third-order valence-corrected chi connectivity index (χ3v) is 4.08. The summed E-state index contributed by atoms with van der Waals surface area (Å²) < 4.78 is 6.00. The lowest BCUT2D eigenvalue weighted by molar-refractivity contribution is 0.207. The van der Waals surface area contributed by atoms with Crippen molar-refractivity contribution in [1.82, 2.24) is 10.2 Å². The van der Waals surface area contributed by atoms with E-state index < -0.39 is 0 Å². The van der Waals surface area contributed by atoms with Crippen LogP contribution in [0, 0.1) is 0 Å². The fraction of sp³-hybridized carbons (Fsp3) is 0.529. The topological polar surface area (TPSA) is 48.6 Å². The molecule has 2 aromatic rings. The second-order valence-corrected chi connectivity index (χ2v) is 5.82. The molecule has 0 aliphatic carbocycles. The van der Waals surface area contributed by atoms with Crippen molar-refractivity contribution >= 4 is 11.0 Å². The zero-order valence-corrected chi connectivity index (χ0v) is 12.5. The molecule has 2 N–H and O–H groups in total. The Morgan fingerprint density at radius 3 is 2.81 bits per heavy atom.